The van der Waals surface area contributed by atoms with Gasteiger partial charge in [0, 0.05) is 23.4 Å². The quantitative estimate of drug-likeness (QED) is 0.921. The van der Waals surface area contributed by atoms with E-state index in [1.807, 2.05) is 18.5 Å². The Morgan fingerprint density at radius 1 is 1.42 bits per heavy atom. The Hall–Kier alpha value is -2.17. The molecule has 0 bridgehead atoms. The van der Waals surface area contributed by atoms with Gasteiger partial charge < -0.3 is 5.11 Å². The molecule has 19 heavy (non-hydrogen) atoms. The van der Waals surface area contributed by atoms with E-state index in [2.05, 4.69) is 5.10 Å². The normalized spacial score (nSPS) is 10.7. The van der Waals surface area contributed by atoms with Crippen molar-refractivity contribution in [2.45, 2.75) is 26.8 Å². The van der Waals surface area contributed by atoms with Gasteiger partial charge in [0.05, 0.1) is 11.8 Å². The van der Waals surface area contributed by atoms with E-state index in [9.17, 15) is 9.18 Å². The lowest BCUT2D eigenvalue weighted by Crippen LogP contribution is -2.01. The zero-order valence-electron chi connectivity index (χ0n) is 10.9. The van der Waals surface area contributed by atoms with Crippen molar-refractivity contribution in [1.82, 2.24) is 9.78 Å². The van der Waals surface area contributed by atoms with E-state index in [4.69, 9.17) is 5.11 Å². The molecule has 0 aliphatic carbocycles. The van der Waals surface area contributed by atoms with Crippen LogP contribution in [0.3, 0.4) is 0 Å². The fraction of sp³-hybridized carbons (Fsp3) is 0.286. The minimum Gasteiger partial charge on any atom is -0.478 e. The predicted molar refractivity (Wildman–Crippen MR) is 69.6 cm³/mol. The fourth-order valence-corrected chi connectivity index (χ4v) is 2.01. The van der Waals surface area contributed by atoms with Gasteiger partial charge >= 0.3 is 5.97 Å². The highest BCUT2D eigenvalue weighted by Gasteiger charge is 2.14. The van der Waals surface area contributed by atoms with E-state index in [0.29, 0.717) is 11.1 Å². The Morgan fingerprint density at radius 2 is 2.16 bits per heavy atom. The van der Waals surface area contributed by atoms with Gasteiger partial charge in [-0.2, -0.15) is 5.10 Å². The molecule has 0 unspecified atom stereocenters. The van der Waals surface area contributed by atoms with Crippen LogP contribution in [-0.2, 0) is 6.54 Å². The summed E-state index contributed by atoms with van der Waals surface area (Å²) in [5.74, 6) is -1.68. The maximum absolute atomic E-state index is 14.0. The number of rotatable bonds is 4. The number of halogens is 1. The van der Waals surface area contributed by atoms with Gasteiger partial charge in [-0.05, 0) is 25.5 Å². The van der Waals surface area contributed by atoms with Crippen LogP contribution in [0.2, 0.25) is 0 Å². The number of carboxylic acids is 1. The predicted octanol–water partition coefficient (Wildman–Crippen LogP) is 3.11. The topological polar surface area (TPSA) is 55.1 Å². The van der Waals surface area contributed by atoms with Crippen molar-refractivity contribution in [1.29, 1.82) is 0 Å². The molecule has 1 heterocycles. The maximum Gasteiger partial charge on any atom is 0.335 e. The van der Waals surface area contributed by atoms with E-state index in [-0.39, 0.29) is 5.56 Å². The standard InChI is InChI=1S/C14H15FN2O2/c1-3-6-17-9(2)12(8-16-17)11-5-4-10(14(18)19)7-13(11)15/h4-5,7-8H,3,6H2,1-2H3,(H,18,19). The number of carbonyl (C=O) groups is 1. The van der Waals surface area contributed by atoms with E-state index >= 15 is 0 Å². The van der Waals surface area contributed by atoms with E-state index < -0.39 is 11.8 Å². The van der Waals surface area contributed by atoms with Crippen molar-refractivity contribution in [3.8, 4) is 11.1 Å². The SMILES string of the molecule is CCCn1ncc(-c2ccc(C(=O)O)cc2F)c1C. The summed E-state index contributed by atoms with van der Waals surface area (Å²) in [6, 6.07) is 3.92. The first-order chi connectivity index (χ1) is 9.04. The summed E-state index contributed by atoms with van der Waals surface area (Å²) in [6.45, 7) is 4.70. The average molecular weight is 262 g/mol. The second-order valence-corrected chi connectivity index (χ2v) is 4.37. The second kappa shape index (κ2) is 5.22. The van der Waals surface area contributed by atoms with Crippen LogP contribution < -0.4 is 0 Å². The molecule has 1 N–H and O–H groups in total. The van der Waals surface area contributed by atoms with E-state index in [0.717, 1.165) is 24.7 Å². The lowest BCUT2D eigenvalue weighted by molar-refractivity contribution is 0.0696. The molecular formula is C14H15FN2O2. The summed E-state index contributed by atoms with van der Waals surface area (Å²) in [6.07, 6.45) is 2.56. The summed E-state index contributed by atoms with van der Waals surface area (Å²) < 4.78 is 15.8. The van der Waals surface area contributed by atoms with Crippen molar-refractivity contribution < 1.29 is 14.3 Å². The van der Waals surface area contributed by atoms with Crippen LogP contribution in [0.4, 0.5) is 4.39 Å². The summed E-state index contributed by atoms with van der Waals surface area (Å²) in [7, 11) is 0. The molecule has 5 heteroatoms. The Labute approximate surface area is 110 Å². The van der Waals surface area contributed by atoms with Crippen LogP contribution in [0.1, 0.15) is 29.4 Å². The molecule has 0 saturated carbocycles. The fourth-order valence-electron chi connectivity index (χ4n) is 2.01. The minimum atomic E-state index is -1.14. The van der Waals surface area contributed by atoms with Crippen LogP contribution >= 0.6 is 0 Å². The number of hydrogen-bond acceptors (Lipinski definition) is 2. The molecule has 0 spiro atoms. The highest BCUT2D eigenvalue weighted by molar-refractivity contribution is 5.88. The van der Waals surface area contributed by atoms with Gasteiger partial charge in [-0.3, -0.25) is 4.68 Å². The van der Waals surface area contributed by atoms with Gasteiger partial charge in [0.2, 0.25) is 0 Å². The lowest BCUT2D eigenvalue weighted by Gasteiger charge is -2.05. The van der Waals surface area contributed by atoms with Crippen molar-refractivity contribution in [2.24, 2.45) is 0 Å². The molecule has 2 rings (SSSR count). The van der Waals surface area contributed by atoms with E-state index in [1.54, 1.807) is 6.20 Å². The third-order valence-electron chi connectivity index (χ3n) is 3.04. The van der Waals surface area contributed by atoms with Crippen LogP contribution in [0.25, 0.3) is 11.1 Å². The van der Waals surface area contributed by atoms with Gasteiger partial charge in [-0.1, -0.05) is 13.0 Å². The zero-order chi connectivity index (χ0) is 14.0. The first-order valence-electron chi connectivity index (χ1n) is 6.10. The molecule has 2 aromatic rings. The average Bonchev–Trinajstić information content (AvgIpc) is 2.72. The molecule has 0 atom stereocenters. The summed E-state index contributed by atoms with van der Waals surface area (Å²) in [5, 5.41) is 13.0. The Morgan fingerprint density at radius 3 is 2.74 bits per heavy atom. The van der Waals surface area contributed by atoms with Crippen LogP contribution in [0.15, 0.2) is 24.4 Å². The summed E-state index contributed by atoms with van der Waals surface area (Å²) in [5.41, 5.74) is 1.90. The highest BCUT2D eigenvalue weighted by Crippen LogP contribution is 2.26. The first-order valence-corrected chi connectivity index (χ1v) is 6.10. The van der Waals surface area contributed by atoms with Crippen molar-refractivity contribution in [2.75, 3.05) is 0 Å². The number of benzene rings is 1. The molecule has 1 aromatic carbocycles. The van der Waals surface area contributed by atoms with Crippen LogP contribution in [0, 0.1) is 12.7 Å². The minimum absolute atomic E-state index is 0.0557. The molecule has 1 aromatic heterocycles. The van der Waals surface area contributed by atoms with Gasteiger partial charge in [0.15, 0.2) is 0 Å². The third-order valence-corrected chi connectivity index (χ3v) is 3.04. The molecule has 0 radical (unpaired) electrons. The monoisotopic (exact) mass is 262 g/mol. The summed E-state index contributed by atoms with van der Waals surface area (Å²) >= 11 is 0. The summed E-state index contributed by atoms with van der Waals surface area (Å²) in [4.78, 5) is 10.8. The van der Waals surface area contributed by atoms with Crippen molar-refractivity contribution in [3.63, 3.8) is 0 Å². The Kier molecular flexibility index (Phi) is 3.64. The molecule has 0 fully saturated rings. The highest BCUT2D eigenvalue weighted by atomic mass is 19.1. The Bertz CT molecular complexity index is 620. The first kappa shape index (κ1) is 13.3. The molecule has 0 amide bonds. The molecule has 100 valence electrons. The molecule has 0 aliphatic rings. The number of carboxylic acid groups (broad SMARTS) is 1. The number of nitrogens with zero attached hydrogens (tertiary/aromatic N) is 2. The number of hydrogen-bond donors (Lipinski definition) is 1. The number of aromatic carboxylic acids is 1. The van der Waals surface area contributed by atoms with E-state index in [1.165, 1.54) is 12.1 Å². The van der Waals surface area contributed by atoms with Crippen LogP contribution in [0.5, 0.6) is 0 Å². The molecule has 4 nitrogen and oxygen atoms in total. The van der Waals surface area contributed by atoms with Gasteiger partial charge in [-0.15, -0.1) is 0 Å². The van der Waals surface area contributed by atoms with Gasteiger partial charge in [0.1, 0.15) is 5.82 Å². The second-order valence-electron chi connectivity index (χ2n) is 4.37. The number of aromatic nitrogens is 2. The smallest absolute Gasteiger partial charge is 0.335 e. The lowest BCUT2D eigenvalue weighted by atomic mass is 10.0. The molecule has 0 aliphatic heterocycles. The van der Waals surface area contributed by atoms with Gasteiger partial charge in [0.25, 0.3) is 0 Å². The van der Waals surface area contributed by atoms with Crippen LogP contribution in [-0.4, -0.2) is 20.9 Å². The molecular weight excluding hydrogens is 247 g/mol. The Balaban J connectivity index is 2.45. The largest absolute Gasteiger partial charge is 0.478 e. The van der Waals surface area contributed by atoms with Gasteiger partial charge in [-0.25, -0.2) is 9.18 Å². The maximum atomic E-state index is 14.0. The van der Waals surface area contributed by atoms with Crippen molar-refractivity contribution in [3.05, 3.63) is 41.5 Å². The third kappa shape index (κ3) is 2.50. The molecule has 0 saturated heterocycles. The van der Waals surface area contributed by atoms with Crippen molar-refractivity contribution >= 4 is 5.97 Å². The zero-order valence-corrected chi connectivity index (χ0v) is 10.9. The number of aryl methyl sites for hydroxylation is 1.